The number of benzene rings is 1. The van der Waals surface area contributed by atoms with Crippen LogP contribution >= 0.6 is 0 Å². The Balaban J connectivity index is 1.44. The van der Waals surface area contributed by atoms with Crippen molar-refractivity contribution in [2.45, 2.75) is 25.7 Å². The van der Waals surface area contributed by atoms with Crippen LogP contribution in [0.3, 0.4) is 0 Å². The molecule has 1 spiro atoms. The second-order valence-corrected chi connectivity index (χ2v) is 7.49. The summed E-state index contributed by atoms with van der Waals surface area (Å²) in [5.41, 5.74) is 2.85. The lowest BCUT2D eigenvalue weighted by Crippen LogP contribution is -2.37. The van der Waals surface area contributed by atoms with Gasteiger partial charge in [-0.25, -0.2) is 4.79 Å². The van der Waals surface area contributed by atoms with Crippen molar-refractivity contribution in [1.29, 1.82) is 0 Å². The first-order valence-electron chi connectivity index (χ1n) is 9.16. The normalized spacial score (nSPS) is 25.0. The average Bonchev–Trinajstić information content (AvgIpc) is 3.28. The molecule has 0 aliphatic carbocycles. The van der Waals surface area contributed by atoms with E-state index in [2.05, 4.69) is 5.32 Å². The molecule has 7 nitrogen and oxygen atoms in total. The van der Waals surface area contributed by atoms with Crippen LogP contribution in [0.5, 0.6) is 0 Å². The summed E-state index contributed by atoms with van der Waals surface area (Å²) in [6.45, 7) is 3.35. The molecule has 1 N–H and O–H groups in total. The molecule has 3 aliphatic heterocycles. The number of anilines is 2. The maximum Gasteiger partial charge on any atom is 0.321 e. The van der Waals surface area contributed by atoms with E-state index in [1.165, 1.54) is 0 Å². The maximum atomic E-state index is 12.6. The monoisotopic (exact) mass is 359 g/mol. The number of carbonyl (C=O) groups excluding carboxylic acids is 2. The highest BCUT2D eigenvalue weighted by atomic mass is 16.5. The molecule has 3 amide bonds. The first kappa shape index (κ1) is 17.3. The van der Waals surface area contributed by atoms with Gasteiger partial charge in [0.05, 0.1) is 6.61 Å². The highest BCUT2D eigenvalue weighted by Crippen LogP contribution is 2.38. The summed E-state index contributed by atoms with van der Waals surface area (Å²) in [5, 5.41) is 3.01. The molecule has 0 unspecified atom stereocenters. The lowest BCUT2D eigenvalue weighted by molar-refractivity contribution is -0.119. The van der Waals surface area contributed by atoms with Gasteiger partial charge in [-0.2, -0.15) is 0 Å². The minimum absolute atomic E-state index is 0.0608. The van der Waals surface area contributed by atoms with E-state index in [9.17, 15) is 9.59 Å². The van der Waals surface area contributed by atoms with E-state index in [1.807, 2.05) is 23.1 Å². The predicted octanol–water partition coefficient (Wildman–Crippen LogP) is 2.21. The van der Waals surface area contributed by atoms with Crippen molar-refractivity contribution in [2.75, 3.05) is 50.4 Å². The van der Waals surface area contributed by atoms with Gasteiger partial charge in [0.2, 0.25) is 5.91 Å². The summed E-state index contributed by atoms with van der Waals surface area (Å²) in [6, 6.07) is 5.64. The smallest absolute Gasteiger partial charge is 0.321 e. The Morgan fingerprint density at radius 2 is 2.23 bits per heavy atom. The van der Waals surface area contributed by atoms with Gasteiger partial charge in [-0.1, -0.05) is 0 Å². The van der Waals surface area contributed by atoms with E-state index in [0.29, 0.717) is 12.8 Å². The molecule has 2 saturated heterocycles. The largest absolute Gasteiger partial charge is 0.381 e. The maximum absolute atomic E-state index is 12.6. The van der Waals surface area contributed by atoms with E-state index in [1.54, 1.807) is 12.0 Å². The van der Waals surface area contributed by atoms with Crippen molar-refractivity contribution in [3.63, 3.8) is 0 Å². The number of urea groups is 1. The van der Waals surface area contributed by atoms with Crippen LogP contribution < -0.4 is 10.2 Å². The van der Waals surface area contributed by atoms with Crippen molar-refractivity contribution in [2.24, 2.45) is 5.41 Å². The molecule has 2 fully saturated rings. The molecule has 0 bridgehead atoms. The van der Waals surface area contributed by atoms with Gasteiger partial charge in [-0.3, -0.25) is 9.69 Å². The lowest BCUT2D eigenvalue weighted by Gasteiger charge is -2.29. The third-order valence-corrected chi connectivity index (χ3v) is 5.70. The summed E-state index contributed by atoms with van der Waals surface area (Å²) in [6.07, 6.45) is 3.20. The minimum Gasteiger partial charge on any atom is -0.381 e. The van der Waals surface area contributed by atoms with Crippen molar-refractivity contribution in [1.82, 2.24) is 4.90 Å². The summed E-state index contributed by atoms with van der Waals surface area (Å²) in [7, 11) is 1.58. The Labute approximate surface area is 153 Å². The number of nitrogens with one attached hydrogen (secondary N) is 1. The molecule has 3 aliphatic rings. The number of hydrogen-bond donors (Lipinski definition) is 1. The molecule has 140 valence electrons. The number of amides is 3. The molecule has 0 radical (unpaired) electrons. The van der Waals surface area contributed by atoms with Gasteiger partial charge in [0.15, 0.2) is 0 Å². The lowest BCUT2D eigenvalue weighted by atomic mass is 9.87. The number of nitrogens with zero attached hydrogens (tertiary/aromatic N) is 2. The number of likely N-dealkylation sites (tertiary alicyclic amines) is 1. The van der Waals surface area contributed by atoms with E-state index in [-0.39, 0.29) is 24.1 Å². The molecule has 26 heavy (non-hydrogen) atoms. The molecule has 1 aromatic rings. The fourth-order valence-electron chi connectivity index (χ4n) is 4.19. The zero-order valence-corrected chi connectivity index (χ0v) is 15.1. The van der Waals surface area contributed by atoms with E-state index >= 15 is 0 Å². The minimum atomic E-state index is -0.0608. The number of carbonyl (C=O) groups is 2. The van der Waals surface area contributed by atoms with Crippen LogP contribution in [0.25, 0.3) is 0 Å². The van der Waals surface area contributed by atoms with E-state index < -0.39 is 0 Å². The van der Waals surface area contributed by atoms with Crippen molar-refractivity contribution >= 4 is 23.3 Å². The van der Waals surface area contributed by atoms with Crippen LogP contribution in [0.2, 0.25) is 0 Å². The standard InChI is InChI=1S/C19H25N3O4/c1-25-13-22-16-4-3-15(10-14(16)2-5-17(22)23)20-18(24)21-8-6-19(11-21)7-9-26-12-19/h3-4,10H,2,5-9,11-13H2,1H3,(H,20,24)/t19-/m1/s1. The Bertz CT molecular complexity index is 715. The number of fused-ring (bicyclic) bond motifs is 1. The van der Waals surface area contributed by atoms with E-state index in [4.69, 9.17) is 9.47 Å². The van der Waals surface area contributed by atoms with Crippen LogP contribution in [0, 0.1) is 5.41 Å². The topological polar surface area (TPSA) is 71.1 Å². The first-order valence-corrected chi connectivity index (χ1v) is 9.16. The zero-order valence-electron chi connectivity index (χ0n) is 15.1. The highest BCUT2D eigenvalue weighted by Gasteiger charge is 2.42. The number of methoxy groups -OCH3 is 1. The van der Waals surface area contributed by atoms with Crippen LogP contribution in [0.15, 0.2) is 18.2 Å². The average molecular weight is 359 g/mol. The molecule has 1 aromatic carbocycles. The van der Waals surface area contributed by atoms with Gasteiger partial charge in [0, 0.05) is 50.0 Å². The van der Waals surface area contributed by atoms with Gasteiger partial charge in [0.25, 0.3) is 0 Å². The van der Waals surface area contributed by atoms with Crippen molar-refractivity contribution in [3.05, 3.63) is 23.8 Å². The summed E-state index contributed by atoms with van der Waals surface area (Å²) in [5.74, 6) is 0.0669. The van der Waals surface area contributed by atoms with Crippen LogP contribution in [-0.2, 0) is 20.7 Å². The highest BCUT2D eigenvalue weighted by molar-refractivity contribution is 5.97. The molecule has 3 heterocycles. The van der Waals surface area contributed by atoms with Crippen LogP contribution in [0.4, 0.5) is 16.2 Å². The molecule has 0 aromatic heterocycles. The third kappa shape index (κ3) is 3.17. The fraction of sp³-hybridized carbons (Fsp3) is 0.579. The number of ether oxygens (including phenoxy) is 2. The van der Waals surface area contributed by atoms with Gasteiger partial charge in [-0.15, -0.1) is 0 Å². The molecule has 0 saturated carbocycles. The van der Waals surface area contributed by atoms with Gasteiger partial charge < -0.3 is 19.7 Å². The molecule has 7 heteroatoms. The third-order valence-electron chi connectivity index (χ3n) is 5.70. The van der Waals surface area contributed by atoms with Crippen molar-refractivity contribution < 1.29 is 19.1 Å². The predicted molar refractivity (Wildman–Crippen MR) is 97.2 cm³/mol. The fourth-order valence-corrected chi connectivity index (χ4v) is 4.19. The number of aryl methyl sites for hydroxylation is 1. The van der Waals surface area contributed by atoms with Crippen molar-refractivity contribution in [3.8, 4) is 0 Å². The summed E-state index contributed by atoms with van der Waals surface area (Å²) in [4.78, 5) is 28.2. The second-order valence-electron chi connectivity index (χ2n) is 7.49. The SMILES string of the molecule is COCN1C(=O)CCc2cc(NC(=O)N3CC[C@@]4(CCOC4)C3)ccc21. The summed E-state index contributed by atoms with van der Waals surface area (Å²) >= 11 is 0. The van der Waals surface area contributed by atoms with Crippen LogP contribution in [0.1, 0.15) is 24.8 Å². The quantitative estimate of drug-likeness (QED) is 0.898. The molecule has 4 rings (SSSR count). The van der Waals surface area contributed by atoms with Gasteiger partial charge in [-0.05, 0) is 43.0 Å². The van der Waals surface area contributed by atoms with Gasteiger partial charge in [0.1, 0.15) is 6.73 Å². The van der Waals surface area contributed by atoms with E-state index in [0.717, 1.165) is 56.1 Å². The Hall–Kier alpha value is -2.12. The zero-order chi connectivity index (χ0) is 18.1. The second kappa shape index (κ2) is 6.89. The molecule has 1 atom stereocenters. The van der Waals surface area contributed by atoms with Gasteiger partial charge >= 0.3 is 6.03 Å². The molecular weight excluding hydrogens is 334 g/mol. The first-order chi connectivity index (χ1) is 12.6. The Morgan fingerprint density at radius 1 is 1.35 bits per heavy atom. The summed E-state index contributed by atoms with van der Waals surface area (Å²) < 4.78 is 10.7. The Kier molecular flexibility index (Phi) is 4.58. The Morgan fingerprint density at radius 3 is 3.00 bits per heavy atom. The number of hydrogen-bond acceptors (Lipinski definition) is 4. The number of rotatable bonds is 3. The van der Waals surface area contributed by atoms with Crippen LogP contribution in [-0.4, -0.2) is 57.0 Å². The molecular formula is C19H25N3O4.